The highest BCUT2D eigenvalue weighted by atomic mass is 32.2. The van der Waals surface area contributed by atoms with E-state index in [0.29, 0.717) is 6.04 Å². The fourth-order valence-electron chi connectivity index (χ4n) is 2.48. The van der Waals surface area contributed by atoms with E-state index in [9.17, 15) is 0 Å². The van der Waals surface area contributed by atoms with Gasteiger partial charge in [0.1, 0.15) is 0 Å². The van der Waals surface area contributed by atoms with Gasteiger partial charge in [-0.1, -0.05) is 24.3 Å². The van der Waals surface area contributed by atoms with Crippen LogP contribution in [0.1, 0.15) is 17.2 Å². The van der Waals surface area contributed by atoms with Crippen molar-refractivity contribution in [1.82, 2.24) is 10.2 Å². The van der Waals surface area contributed by atoms with E-state index in [1.807, 2.05) is 7.05 Å². The van der Waals surface area contributed by atoms with Crippen molar-refractivity contribution in [1.29, 1.82) is 0 Å². The molecule has 1 aliphatic rings. The molecule has 0 spiro atoms. The molecule has 0 aliphatic carbocycles. The van der Waals surface area contributed by atoms with Crippen LogP contribution in [0.3, 0.4) is 0 Å². The average Bonchev–Trinajstić information content (AvgIpc) is 2.38. The van der Waals surface area contributed by atoms with Gasteiger partial charge in [-0.3, -0.25) is 4.90 Å². The molecule has 1 N–H and O–H groups in total. The first-order valence-electron chi connectivity index (χ1n) is 6.35. The highest BCUT2D eigenvalue weighted by molar-refractivity contribution is 7.99. The molecule has 0 amide bonds. The van der Waals surface area contributed by atoms with Gasteiger partial charge in [0.2, 0.25) is 0 Å². The number of aryl methyl sites for hydroxylation is 1. The minimum Gasteiger partial charge on any atom is -0.318 e. The summed E-state index contributed by atoms with van der Waals surface area (Å²) in [5, 5.41) is 3.34. The summed E-state index contributed by atoms with van der Waals surface area (Å²) in [6.07, 6.45) is 0. The Labute approximate surface area is 109 Å². The van der Waals surface area contributed by atoms with Crippen molar-refractivity contribution < 1.29 is 0 Å². The number of likely N-dealkylation sites (N-methyl/N-ethyl adjacent to an activating group) is 1. The topological polar surface area (TPSA) is 15.3 Å². The molecule has 1 saturated heterocycles. The number of thioether (sulfide) groups is 1. The lowest BCUT2D eigenvalue weighted by Gasteiger charge is -2.35. The molecule has 0 saturated carbocycles. The number of nitrogens with zero attached hydrogens (tertiary/aromatic N) is 1. The maximum absolute atomic E-state index is 3.34. The molecule has 94 valence electrons. The Morgan fingerprint density at radius 1 is 1.29 bits per heavy atom. The maximum Gasteiger partial charge on any atom is 0.0475 e. The molecule has 0 aromatic heterocycles. The fraction of sp³-hybridized carbons (Fsp3) is 0.571. The minimum absolute atomic E-state index is 0.530. The molecule has 1 heterocycles. The van der Waals surface area contributed by atoms with Crippen molar-refractivity contribution in [3.8, 4) is 0 Å². The molecule has 1 unspecified atom stereocenters. The van der Waals surface area contributed by atoms with E-state index in [4.69, 9.17) is 0 Å². The summed E-state index contributed by atoms with van der Waals surface area (Å²) in [6.45, 7) is 5.68. The average molecular weight is 250 g/mol. The van der Waals surface area contributed by atoms with E-state index < -0.39 is 0 Å². The zero-order chi connectivity index (χ0) is 12.1. The van der Waals surface area contributed by atoms with Crippen molar-refractivity contribution in [2.24, 2.45) is 0 Å². The second-order valence-corrected chi connectivity index (χ2v) is 5.80. The second-order valence-electron chi connectivity index (χ2n) is 4.58. The van der Waals surface area contributed by atoms with E-state index in [0.717, 1.165) is 6.54 Å². The van der Waals surface area contributed by atoms with Gasteiger partial charge in [-0.05, 0) is 25.1 Å². The van der Waals surface area contributed by atoms with Gasteiger partial charge in [0.15, 0.2) is 0 Å². The van der Waals surface area contributed by atoms with Gasteiger partial charge in [-0.25, -0.2) is 0 Å². The van der Waals surface area contributed by atoms with Gasteiger partial charge in [0, 0.05) is 37.2 Å². The van der Waals surface area contributed by atoms with E-state index in [1.165, 1.54) is 35.7 Å². The number of nitrogens with one attached hydrogen (secondary N) is 1. The molecule has 3 heteroatoms. The van der Waals surface area contributed by atoms with Crippen LogP contribution in [-0.2, 0) is 0 Å². The molecule has 1 aliphatic heterocycles. The number of benzene rings is 1. The van der Waals surface area contributed by atoms with Crippen LogP contribution in [0.2, 0.25) is 0 Å². The predicted octanol–water partition coefficient (Wildman–Crippen LogP) is 2.30. The third-order valence-corrected chi connectivity index (χ3v) is 4.37. The van der Waals surface area contributed by atoms with Gasteiger partial charge in [-0.2, -0.15) is 11.8 Å². The molecular formula is C14H22N2S. The Morgan fingerprint density at radius 3 is 2.65 bits per heavy atom. The van der Waals surface area contributed by atoms with Gasteiger partial charge in [-0.15, -0.1) is 0 Å². The SMILES string of the molecule is CNCC(c1ccccc1C)N1CCSCC1. The molecule has 1 aromatic rings. The Morgan fingerprint density at radius 2 is 2.00 bits per heavy atom. The largest absolute Gasteiger partial charge is 0.318 e. The molecule has 1 fully saturated rings. The van der Waals surface area contributed by atoms with Crippen LogP contribution in [0, 0.1) is 6.92 Å². The summed E-state index contributed by atoms with van der Waals surface area (Å²) in [5.41, 5.74) is 2.89. The highest BCUT2D eigenvalue weighted by Gasteiger charge is 2.22. The van der Waals surface area contributed by atoms with Gasteiger partial charge >= 0.3 is 0 Å². The molecule has 2 nitrogen and oxygen atoms in total. The van der Waals surface area contributed by atoms with Crippen LogP contribution < -0.4 is 5.32 Å². The fourth-order valence-corrected chi connectivity index (χ4v) is 3.41. The van der Waals surface area contributed by atoms with Crippen molar-refractivity contribution in [2.45, 2.75) is 13.0 Å². The smallest absolute Gasteiger partial charge is 0.0475 e. The summed E-state index contributed by atoms with van der Waals surface area (Å²) in [7, 11) is 2.05. The number of hydrogen-bond donors (Lipinski definition) is 1. The number of hydrogen-bond acceptors (Lipinski definition) is 3. The Bertz CT molecular complexity index is 348. The van der Waals surface area contributed by atoms with Gasteiger partial charge < -0.3 is 5.32 Å². The molecule has 0 bridgehead atoms. The van der Waals surface area contributed by atoms with Crippen molar-refractivity contribution in [3.05, 3.63) is 35.4 Å². The van der Waals surface area contributed by atoms with Crippen molar-refractivity contribution in [2.75, 3.05) is 38.2 Å². The first-order valence-corrected chi connectivity index (χ1v) is 7.50. The van der Waals surface area contributed by atoms with Gasteiger partial charge in [0.25, 0.3) is 0 Å². The molecule has 1 atom stereocenters. The third kappa shape index (κ3) is 3.24. The molecule has 0 radical (unpaired) electrons. The summed E-state index contributed by atoms with van der Waals surface area (Å²) in [5.74, 6) is 2.54. The van der Waals surface area contributed by atoms with Crippen LogP contribution in [0.5, 0.6) is 0 Å². The van der Waals surface area contributed by atoms with Crippen LogP contribution in [-0.4, -0.2) is 43.1 Å². The maximum atomic E-state index is 3.34. The number of rotatable bonds is 4. The van der Waals surface area contributed by atoms with Crippen LogP contribution >= 0.6 is 11.8 Å². The van der Waals surface area contributed by atoms with Crippen molar-refractivity contribution >= 4 is 11.8 Å². The first kappa shape index (κ1) is 12.9. The van der Waals surface area contributed by atoms with E-state index in [-0.39, 0.29) is 0 Å². The van der Waals surface area contributed by atoms with E-state index >= 15 is 0 Å². The molecular weight excluding hydrogens is 228 g/mol. The quantitative estimate of drug-likeness (QED) is 0.883. The molecule has 17 heavy (non-hydrogen) atoms. The minimum atomic E-state index is 0.530. The van der Waals surface area contributed by atoms with Crippen LogP contribution in [0.25, 0.3) is 0 Å². The van der Waals surface area contributed by atoms with Crippen molar-refractivity contribution in [3.63, 3.8) is 0 Å². The Kier molecular flexibility index (Phi) is 4.89. The summed E-state index contributed by atoms with van der Waals surface area (Å²) in [6, 6.07) is 9.31. The summed E-state index contributed by atoms with van der Waals surface area (Å²) in [4.78, 5) is 2.62. The van der Waals surface area contributed by atoms with Gasteiger partial charge in [0.05, 0.1) is 0 Å². The lowest BCUT2D eigenvalue weighted by atomic mass is 10.00. The van der Waals surface area contributed by atoms with E-state index in [2.05, 4.69) is 53.2 Å². The first-order chi connectivity index (χ1) is 8.33. The molecule has 1 aromatic carbocycles. The third-order valence-electron chi connectivity index (χ3n) is 3.43. The Balaban J connectivity index is 2.18. The monoisotopic (exact) mass is 250 g/mol. The van der Waals surface area contributed by atoms with Crippen LogP contribution in [0.4, 0.5) is 0 Å². The lowest BCUT2D eigenvalue weighted by Crippen LogP contribution is -2.40. The predicted molar refractivity (Wildman–Crippen MR) is 76.7 cm³/mol. The Hall–Kier alpha value is -0.510. The summed E-state index contributed by atoms with van der Waals surface area (Å²) < 4.78 is 0. The molecule has 2 rings (SSSR count). The standard InChI is InChI=1S/C14H22N2S/c1-12-5-3-4-6-13(12)14(11-15-2)16-7-9-17-10-8-16/h3-6,14-15H,7-11H2,1-2H3. The lowest BCUT2D eigenvalue weighted by molar-refractivity contribution is 0.215. The second kappa shape index (κ2) is 6.43. The zero-order valence-corrected chi connectivity index (χ0v) is 11.6. The summed E-state index contributed by atoms with van der Waals surface area (Å²) >= 11 is 2.07. The van der Waals surface area contributed by atoms with Crippen LogP contribution in [0.15, 0.2) is 24.3 Å². The normalized spacial score (nSPS) is 19.2. The highest BCUT2D eigenvalue weighted by Crippen LogP contribution is 2.25. The zero-order valence-electron chi connectivity index (χ0n) is 10.8. The van der Waals surface area contributed by atoms with E-state index in [1.54, 1.807) is 0 Å².